The maximum atomic E-state index is 13.4. The van der Waals surface area contributed by atoms with E-state index in [-0.39, 0.29) is 16.8 Å². The first-order valence-corrected chi connectivity index (χ1v) is 7.02. The van der Waals surface area contributed by atoms with Gasteiger partial charge in [0.1, 0.15) is 5.82 Å². The van der Waals surface area contributed by atoms with Crippen molar-refractivity contribution in [3.05, 3.63) is 35.1 Å². The van der Waals surface area contributed by atoms with E-state index in [1.54, 1.807) is 0 Å². The lowest BCUT2D eigenvalue weighted by Gasteiger charge is -2.47. The number of aromatic carboxylic acids is 1. The molecule has 2 rings (SSSR count). The molecule has 0 spiro atoms. The molecular weight excluding hydrogens is 273 g/mol. The Bertz CT molecular complexity index is 538. The summed E-state index contributed by atoms with van der Waals surface area (Å²) in [4.78, 5) is 13.4. The van der Waals surface area contributed by atoms with E-state index in [2.05, 4.69) is 4.90 Å². The van der Waals surface area contributed by atoms with Gasteiger partial charge >= 0.3 is 5.97 Å². The van der Waals surface area contributed by atoms with Gasteiger partial charge in [0, 0.05) is 19.6 Å². The lowest BCUT2D eigenvalue weighted by atomic mass is 9.97. The van der Waals surface area contributed by atoms with E-state index in [0.717, 1.165) is 0 Å². The first-order valence-electron chi connectivity index (χ1n) is 7.02. The van der Waals surface area contributed by atoms with Crippen LogP contribution in [0.5, 0.6) is 0 Å². The maximum absolute atomic E-state index is 13.4. The molecule has 0 aromatic heterocycles. The van der Waals surface area contributed by atoms with E-state index in [9.17, 15) is 14.3 Å². The van der Waals surface area contributed by atoms with Crippen molar-refractivity contribution in [3.8, 4) is 0 Å². The second-order valence-electron chi connectivity index (χ2n) is 6.87. The van der Waals surface area contributed by atoms with E-state index in [4.69, 9.17) is 4.74 Å². The Hall–Kier alpha value is -1.46. The number of hydrogen-bond acceptors (Lipinski definition) is 3. The Morgan fingerprint density at radius 3 is 2.38 bits per heavy atom. The van der Waals surface area contributed by atoms with Crippen LogP contribution in [0.4, 0.5) is 4.39 Å². The van der Waals surface area contributed by atoms with E-state index in [1.165, 1.54) is 18.2 Å². The number of nitrogens with zero attached hydrogens (tertiary/aromatic N) is 1. The third-order valence-corrected chi connectivity index (χ3v) is 3.45. The lowest BCUT2D eigenvalue weighted by molar-refractivity contribution is -0.182. The molecule has 1 aromatic rings. The standard InChI is InChI=1S/C16H22FNO3/c1-15(2)9-18(10-16(3,4)21-15)8-11-7-12(17)5-6-13(11)14(19)20/h5-7H,8-10H2,1-4H3,(H,19,20). The van der Waals surface area contributed by atoms with Gasteiger partial charge in [0.2, 0.25) is 0 Å². The predicted molar refractivity (Wildman–Crippen MR) is 77.9 cm³/mol. The summed E-state index contributed by atoms with van der Waals surface area (Å²) in [7, 11) is 0. The van der Waals surface area contributed by atoms with Gasteiger partial charge in [0.25, 0.3) is 0 Å². The summed E-state index contributed by atoms with van der Waals surface area (Å²) in [5.41, 5.74) is 0.00575. The largest absolute Gasteiger partial charge is 0.478 e. The third kappa shape index (κ3) is 4.02. The zero-order valence-electron chi connectivity index (χ0n) is 12.9. The van der Waals surface area contributed by atoms with Gasteiger partial charge in [-0.3, -0.25) is 4.90 Å². The summed E-state index contributed by atoms with van der Waals surface area (Å²) < 4.78 is 19.4. The van der Waals surface area contributed by atoms with E-state index < -0.39 is 11.8 Å². The topological polar surface area (TPSA) is 49.8 Å². The number of carboxylic acid groups (broad SMARTS) is 1. The lowest BCUT2D eigenvalue weighted by Crippen LogP contribution is -2.56. The molecule has 1 fully saturated rings. The van der Waals surface area contributed by atoms with Crippen LogP contribution in [-0.4, -0.2) is 40.3 Å². The number of halogens is 1. The Kier molecular flexibility index (Phi) is 4.08. The molecule has 0 aliphatic carbocycles. The van der Waals surface area contributed by atoms with Gasteiger partial charge in [-0.1, -0.05) is 0 Å². The number of carbonyl (C=O) groups is 1. The molecule has 1 aliphatic rings. The highest BCUT2D eigenvalue weighted by molar-refractivity contribution is 5.89. The molecule has 0 saturated carbocycles. The molecule has 0 radical (unpaired) electrons. The third-order valence-electron chi connectivity index (χ3n) is 3.45. The minimum atomic E-state index is -1.03. The van der Waals surface area contributed by atoms with Gasteiger partial charge < -0.3 is 9.84 Å². The van der Waals surface area contributed by atoms with E-state index in [1.807, 2.05) is 27.7 Å². The summed E-state index contributed by atoms with van der Waals surface area (Å²) in [5.74, 6) is -1.45. The summed E-state index contributed by atoms with van der Waals surface area (Å²) in [6, 6.07) is 3.81. The molecule has 1 aromatic carbocycles. The number of morpholine rings is 1. The van der Waals surface area contributed by atoms with E-state index >= 15 is 0 Å². The van der Waals surface area contributed by atoms with Crippen molar-refractivity contribution in [1.82, 2.24) is 4.90 Å². The summed E-state index contributed by atoms with van der Waals surface area (Å²) in [6.07, 6.45) is 0. The van der Waals surface area contributed by atoms with Crippen molar-refractivity contribution >= 4 is 5.97 Å². The molecular formula is C16H22FNO3. The Morgan fingerprint density at radius 2 is 1.86 bits per heavy atom. The van der Waals surface area contributed by atoms with Crippen LogP contribution in [0.3, 0.4) is 0 Å². The smallest absolute Gasteiger partial charge is 0.336 e. The van der Waals surface area contributed by atoms with Gasteiger partial charge in [-0.2, -0.15) is 0 Å². The molecule has 0 amide bonds. The van der Waals surface area contributed by atoms with Crippen LogP contribution in [0, 0.1) is 5.82 Å². The number of benzene rings is 1. The molecule has 21 heavy (non-hydrogen) atoms. The Morgan fingerprint density at radius 1 is 1.29 bits per heavy atom. The van der Waals surface area contributed by atoms with Gasteiger partial charge in [0.15, 0.2) is 0 Å². The fourth-order valence-corrected chi connectivity index (χ4v) is 3.20. The van der Waals surface area contributed by atoms with Crippen LogP contribution >= 0.6 is 0 Å². The highest BCUT2D eigenvalue weighted by atomic mass is 19.1. The average Bonchev–Trinajstić information content (AvgIpc) is 2.23. The maximum Gasteiger partial charge on any atom is 0.336 e. The van der Waals surface area contributed by atoms with Crippen molar-refractivity contribution in [2.75, 3.05) is 13.1 Å². The van der Waals surface area contributed by atoms with Crippen LogP contribution in [0.25, 0.3) is 0 Å². The zero-order valence-corrected chi connectivity index (χ0v) is 12.9. The van der Waals surface area contributed by atoms with Crippen molar-refractivity contribution in [2.45, 2.75) is 45.4 Å². The number of carboxylic acids is 1. The summed E-state index contributed by atoms with van der Waals surface area (Å²) in [6.45, 7) is 9.76. The van der Waals surface area contributed by atoms with Crippen LogP contribution < -0.4 is 0 Å². The molecule has 116 valence electrons. The quantitative estimate of drug-likeness (QED) is 0.931. The molecule has 1 heterocycles. The molecule has 1 saturated heterocycles. The number of rotatable bonds is 3. The molecule has 1 aliphatic heterocycles. The first-order chi connectivity index (χ1) is 9.58. The second kappa shape index (κ2) is 5.39. The predicted octanol–water partition coefficient (Wildman–Crippen LogP) is 2.91. The molecule has 1 N–H and O–H groups in total. The van der Waals surface area contributed by atoms with Gasteiger partial charge in [0.05, 0.1) is 16.8 Å². The first kappa shape index (κ1) is 15.9. The van der Waals surface area contributed by atoms with Crippen LogP contribution in [-0.2, 0) is 11.3 Å². The Labute approximate surface area is 124 Å². The highest BCUT2D eigenvalue weighted by Crippen LogP contribution is 2.29. The van der Waals surface area contributed by atoms with Crippen LogP contribution in [0.1, 0.15) is 43.6 Å². The van der Waals surface area contributed by atoms with Gasteiger partial charge in [-0.05, 0) is 51.5 Å². The fraction of sp³-hybridized carbons (Fsp3) is 0.562. The molecule has 5 heteroatoms. The monoisotopic (exact) mass is 295 g/mol. The molecule has 0 bridgehead atoms. The number of hydrogen-bond donors (Lipinski definition) is 1. The summed E-state index contributed by atoms with van der Waals surface area (Å²) >= 11 is 0. The Balaban J connectivity index is 2.25. The highest BCUT2D eigenvalue weighted by Gasteiger charge is 2.38. The minimum absolute atomic E-state index is 0.151. The molecule has 0 atom stereocenters. The van der Waals surface area contributed by atoms with Gasteiger partial charge in [-0.15, -0.1) is 0 Å². The van der Waals surface area contributed by atoms with Crippen LogP contribution in [0.15, 0.2) is 18.2 Å². The van der Waals surface area contributed by atoms with E-state index in [0.29, 0.717) is 25.2 Å². The SMILES string of the molecule is CC1(C)CN(Cc2cc(F)ccc2C(=O)O)CC(C)(C)O1. The molecule has 4 nitrogen and oxygen atoms in total. The zero-order chi connectivity index (χ0) is 15.8. The second-order valence-corrected chi connectivity index (χ2v) is 6.87. The average molecular weight is 295 g/mol. The molecule has 0 unspecified atom stereocenters. The van der Waals surface area contributed by atoms with Crippen molar-refractivity contribution in [1.29, 1.82) is 0 Å². The normalized spacial score (nSPS) is 21.2. The van der Waals surface area contributed by atoms with Crippen molar-refractivity contribution in [2.24, 2.45) is 0 Å². The van der Waals surface area contributed by atoms with Crippen molar-refractivity contribution in [3.63, 3.8) is 0 Å². The fourth-order valence-electron chi connectivity index (χ4n) is 3.20. The number of ether oxygens (including phenoxy) is 1. The minimum Gasteiger partial charge on any atom is -0.478 e. The summed E-state index contributed by atoms with van der Waals surface area (Å²) in [5, 5.41) is 9.23. The van der Waals surface area contributed by atoms with Gasteiger partial charge in [-0.25, -0.2) is 9.18 Å². The van der Waals surface area contributed by atoms with Crippen molar-refractivity contribution < 1.29 is 19.0 Å². The van der Waals surface area contributed by atoms with Crippen LogP contribution in [0.2, 0.25) is 0 Å².